The molecule has 0 atom stereocenters. The van der Waals surface area contributed by atoms with Crippen LogP contribution < -0.4 is 11.4 Å². The molecule has 0 saturated heterocycles. The van der Waals surface area contributed by atoms with Crippen molar-refractivity contribution >= 4 is 28.5 Å². The molecule has 0 radical (unpaired) electrons. The molecule has 2 aromatic carbocycles. The van der Waals surface area contributed by atoms with Crippen molar-refractivity contribution in [2.75, 3.05) is 12.3 Å². The number of nitrogens with two attached hydrogens (primary N) is 1. The lowest BCUT2D eigenvalue weighted by Crippen LogP contribution is -2.25. The average Bonchev–Trinajstić information content (AvgIpc) is 2.90. The Morgan fingerprint density at radius 3 is 2.20 bits per heavy atom. The highest BCUT2D eigenvalue weighted by molar-refractivity contribution is 6.11. The second kappa shape index (κ2) is 13.3. The molecular formula is C33H36N4O3. The molecule has 206 valence electrons. The van der Waals surface area contributed by atoms with E-state index in [1.165, 1.54) is 15.7 Å². The second-order valence-corrected chi connectivity index (χ2v) is 9.28. The number of ether oxygens (including phenoxy) is 1. The predicted octanol–water partition coefficient (Wildman–Crippen LogP) is 6.74. The molecule has 7 heteroatoms. The number of allylic oxidation sites excluding steroid dienone is 5. The van der Waals surface area contributed by atoms with E-state index in [0.717, 1.165) is 11.1 Å². The molecule has 0 saturated carbocycles. The minimum Gasteiger partial charge on any atom is -0.462 e. The normalized spacial score (nSPS) is 11.3. The quantitative estimate of drug-likeness (QED) is 0.216. The Morgan fingerprint density at radius 2 is 1.65 bits per heavy atom. The summed E-state index contributed by atoms with van der Waals surface area (Å²) in [6.07, 6.45) is 6.81. The molecule has 2 aromatic heterocycles. The summed E-state index contributed by atoms with van der Waals surface area (Å²) in [7, 11) is 0. The highest BCUT2D eigenvalue weighted by Gasteiger charge is 2.26. The van der Waals surface area contributed by atoms with Gasteiger partial charge in [0.15, 0.2) is 5.65 Å². The summed E-state index contributed by atoms with van der Waals surface area (Å²) < 4.78 is 6.71. The van der Waals surface area contributed by atoms with E-state index in [9.17, 15) is 9.59 Å². The number of rotatable bonds is 6. The third kappa shape index (κ3) is 6.43. The van der Waals surface area contributed by atoms with Crippen molar-refractivity contribution < 1.29 is 9.53 Å². The van der Waals surface area contributed by atoms with Crippen LogP contribution in [0.25, 0.3) is 27.9 Å². The first-order chi connectivity index (χ1) is 19.1. The van der Waals surface area contributed by atoms with Gasteiger partial charge in [-0.3, -0.25) is 0 Å². The minimum atomic E-state index is -0.576. The summed E-state index contributed by atoms with van der Waals surface area (Å²) in [5, 5.41) is 0.409. The Hall–Kier alpha value is -4.78. The van der Waals surface area contributed by atoms with Crippen LogP contribution in [0, 0.1) is 27.7 Å². The van der Waals surface area contributed by atoms with E-state index in [2.05, 4.69) is 54.7 Å². The predicted molar refractivity (Wildman–Crippen MR) is 164 cm³/mol. The van der Waals surface area contributed by atoms with Gasteiger partial charge in [0.2, 0.25) is 0 Å². The first kappa shape index (κ1) is 29.8. The topological polar surface area (TPSA) is 100 Å². The van der Waals surface area contributed by atoms with E-state index in [-0.39, 0.29) is 12.4 Å². The van der Waals surface area contributed by atoms with Crippen LogP contribution in [-0.2, 0) is 4.74 Å². The molecule has 7 nitrogen and oxygen atoms in total. The molecule has 0 aliphatic heterocycles. The van der Waals surface area contributed by atoms with Crippen LogP contribution in [0.4, 0.5) is 5.82 Å². The largest absolute Gasteiger partial charge is 0.462 e. The highest BCUT2D eigenvalue weighted by atomic mass is 16.5. The van der Waals surface area contributed by atoms with Crippen LogP contribution in [-0.4, -0.2) is 27.1 Å². The molecule has 0 fully saturated rings. The molecule has 0 spiro atoms. The fraction of sp³-hybridized carbons (Fsp3) is 0.212. The highest BCUT2D eigenvalue weighted by Crippen LogP contribution is 2.37. The van der Waals surface area contributed by atoms with Crippen molar-refractivity contribution in [3.63, 3.8) is 0 Å². The van der Waals surface area contributed by atoms with Crippen LogP contribution in [0.2, 0.25) is 0 Å². The van der Waals surface area contributed by atoms with Crippen LogP contribution in [0.5, 0.6) is 0 Å². The van der Waals surface area contributed by atoms with Gasteiger partial charge in [0.05, 0.1) is 28.9 Å². The number of nitrogens with zero attached hydrogens (tertiary/aromatic N) is 3. The first-order valence-electron chi connectivity index (χ1n) is 13.1. The lowest BCUT2D eigenvalue weighted by Gasteiger charge is -2.19. The number of nitrogen functional groups attached to an aromatic ring is 1. The van der Waals surface area contributed by atoms with Crippen molar-refractivity contribution in [3.8, 4) is 11.1 Å². The fourth-order valence-electron chi connectivity index (χ4n) is 4.33. The van der Waals surface area contributed by atoms with E-state index >= 15 is 0 Å². The Bertz CT molecular complexity index is 1640. The standard InChI is InChI=1S/C25H26N4O3.C8H10/c1-6-11-17(12-7-2)29-23-21(22(26)28-25(29)31)20(18-14-10-9-13-15(18)4)19(16(5)27-23)24(30)32-8-3;1-7-3-5-8(2)6-4-7/h6-7,9-14H,1,8H2,2-5H3,(H2,26,28,31);3-6H,1-2H3/b12-7-,17-11+;. The molecular weight excluding hydrogens is 500 g/mol. The van der Waals surface area contributed by atoms with Crippen LogP contribution in [0.3, 0.4) is 0 Å². The number of hydrogen-bond donors (Lipinski definition) is 1. The monoisotopic (exact) mass is 536 g/mol. The molecule has 0 aliphatic carbocycles. The van der Waals surface area contributed by atoms with Gasteiger partial charge in [-0.05, 0) is 64.8 Å². The number of aromatic nitrogens is 3. The third-order valence-corrected chi connectivity index (χ3v) is 6.23. The Kier molecular flexibility index (Phi) is 9.92. The van der Waals surface area contributed by atoms with Gasteiger partial charge in [0.1, 0.15) is 5.82 Å². The van der Waals surface area contributed by atoms with Crippen LogP contribution >= 0.6 is 0 Å². The molecule has 4 rings (SSSR count). The van der Waals surface area contributed by atoms with Crippen molar-refractivity contribution in [2.24, 2.45) is 0 Å². The molecule has 4 aromatic rings. The maximum absolute atomic E-state index is 13.0. The molecule has 0 amide bonds. The van der Waals surface area contributed by atoms with Gasteiger partial charge in [0.25, 0.3) is 0 Å². The number of hydrogen-bond acceptors (Lipinski definition) is 6. The van der Waals surface area contributed by atoms with E-state index in [0.29, 0.717) is 33.6 Å². The maximum atomic E-state index is 13.0. The summed E-state index contributed by atoms with van der Waals surface area (Å²) in [5.41, 5.74) is 12.2. The van der Waals surface area contributed by atoms with Gasteiger partial charge >= 0.3 is 11.7 Å². The lowest BCUT2D eigenvalue weighted by molar-refractivity contribution is 0.0526. The number of pyridine rings is 1. The fourth-order valence-corrected chi connectivity index (χ4v) is 4.33. The molecule has 40 heavy (non-hydrogen) atoms. The van der Waals surface area contributed by atoms with Crippen molar-refractivity contribution in [1.82, 2.24) is 14.5 Å². The summed E-state index contributed by atoms with van der Waals surface area (Å²) in [6.45, 7) is 15.4. The average molecular weight is 537 g/mol. The van der Waals surface area contributed by atoms with Gasteiger partial charge in [-0.1, -0.05) is 78.4 Å². The van der Waals surface area contributed by atoms with E-state index < -0.39 is 11.7 Å². The van der Waals surface area contributed by atoms with Crippen molar-refractivity contribution in [3.05, 3.63) is 118 Å². The molecule has 0 unspecified atom stereocenters. The number of aryl methyl sites for hydroxylation is 4. The molecule has 0 aliphatic rings. The van der Waals surface area contributed by atoms with Gasteiger partial charge in [-0.25, -0.2) is 19.1 Å². The third-order valence-electron chi connectivity index (χ3n) is 6.23. The van der Waals surface area contributed by atoms with Crippen molar-refractivity contribution in [2.45, 2.75) is 41.5 Å². The Morgan fingerprint density at radius 1 is 1.02 bits per heavy atom. The minimum absolute atomic E-state index is 0.00372. The van der Waals surface area contributed by atoms with Gasteiger partial charge in [0, 0.05) is 5.56 Å². The van der Waals surface area contributed by atoms with Crippen molar-refractivity contribution in [1.29, 1.82) is 0 Å². The molecule has 2 heterocycles. The van der Waals surface area contributed by atoms with E-state index in [4.69, 9.17) is 10.5 Å². The lowest BCUT2D eigenvalue weighted by atomic mass is 9.92. The van der Waals surface area contributed by atoms with Crippen LogP contribution in [0.15, 0.2) is 84.2 Å². The van der Waals surface area contributed by atoms with E-state index in [1.807, 2.05) is 38.1 Å². The zero-order valence-corrected chi connectivity index (χ0v) is 24.0. The number of carbonyl (C=O) groups excluding carboxylic acids is 1. The van der Waals surface area contributed by atoms with Gasteiger partial charge < -0.3 is 10.5 Å². The number of benzene rings is 2. The number of anilines is 1. The Balaban J connectivity index is 0.000000472. The maximum Gasteiger partial charge on any atom is 0.355 e. The Labute approximate surface area is 235 Å². The summed E-state index contributed by atoms with van der Waals surface area (Å²) >= 11 is 0. The second-order valence-electron chi connectivity index (χ2n) is 9.28. The SMILES string of the molecule is C=C/C=C(\C=C/C)n1c(=O)nc(N)c2c(-c3ccccc3C)c(C(=O)OCC)c(C)nc21.Cc1ccc(C)cc1. The molecule has 2 N–H and O–H groups in total. The van der Waals surface area contributed by atoms with Gasteiger partial charge in [-0.15, -0.1) is 0 Å². The summed E-state index contributed by atoms with van der Waals surface area (Å²) in [5.74, 6) is -0.513. The molecule has 0 bridgehead atoms. The summed E-state index contributed by atoms with van der Waals surface area (Å²) in [6, 6.07) is 16.1. The first-order valence-corrected chi connectivity index (χ1v) is 13.1. The number of carbonyl (C=O) groups is 1. The number of fused-ring (bicyclic) bond motifs is 1. The smallest absolute Gasteiger partial charge is 0.355 e. The summed E-state index contributed by atoms with van der Waals surface area (Å²) in [4.78, 5) is 34.6. The zero-order chi connectivity index (χ0) is 29.4. The van der Waals surface area contributed by atoms with Crippen LogP contribution in [0.1, 0.15) is 46.6 Å². The number of esters is 1. The zero-order valence-electron chi connectivity index (χ0n) is 24.0. The van der Waals surface area contributed by atoms with E-state index in [1.54, 1.807) is 38.2 Å². The van der Waals surface area contributed by atoms with Gasteiger partial charge in [-0.2, -0.15) is 4.98 Å².